The third-order valence-electron chi connectivity index (χ3n) is 4.99. The number of piperidine rings is 1. The fourth-order valence-corrected chi connectivity index (χ4v) is 3.61. The van der Waals surface area contributed by atoms with Crippen molar-refractivity contribution in [1.29, 1.82) is 0 Å². The number of likely N-dealkylation sites (tertiary alicyclic amines) is 1. The van der Waals surface area contributed by atoms with E-state index >= 15 is 0 Å². The molecule has 1 atom stereocenters. The second kappa shape index (κ2) is 7.84. The maximum atomic E-state index is 11.6. The van der Waals surface area contributed by atoms with E-state index in [1.807, 2.05) is 0 Å². The van der Waals surface area contributed by atoms with Crippen LogP contribution in [-0.4, -0.2) is 49.5 Å². The van der Waals surface area contributed by atoms with Crippen molar-refractivity contribution < 1.29 is 4.79 Å². The van der Waals surface area contributed by atoms with E-state index < -0.39 is 0 Å². The van der Waals surface area contributed by atoms with Gasteiger partial charge < -0.3 is 15.5 Å². The molecule has 1 amide bonds. The van der Waals surface area contributed by atoms with E-state index in [0.29, 0.717) is 6.42 Å². The number of carbonyl (C=O) groups excluding carboxylic acids is 1. The van der Waals surface area contributed by atoms with Gasteiger partial charge in [-0.2, -0.15) is 0 Å². The zero-order valence-corrected chi connectivity index (χ0v) is 15.9. The van der Waals surface area contributed by atoms with Gasteiger partial charge in [0.2, 0.25) is 5.91 Å². The standard InChI is InChI=1S/C16H28N4O.HI/c1-2-17-15(18-8-6-13-4-5-13)20-9-3-7-16(12-20)10-14(21)19-11-16;/h13H,2-12H2,1H3,(H,17,18)(H,19,21);1H. The molecule has 3 aliphatic rings. The highest BCUT2D eigenvalue weighted by Crippen LogP contribution is 2.36. The largest absolute Gasteiger partial charge is 0.357 e. The fraction of sp³-hybridized carbons (Fsp3) is 0.875. The molecule has 0 aromatic heterocycles. The van der Waals surface area contributed by atoms with Gasteiger partial charge in [0.25, 0.3) is 0 Å². The number of hydrogen-bond acceptors (Lipinski definition) is 2. The first-order valence-electron chi connectivity index (χ1n) is 8.51. The SMILES string of the molecule is CCNC(=NCCC1CC1)N1CCCC2(CNC(=O)C2)C1.I. The zero-order valence-electron chi connectivity index (χ0n) is 13.6. The predicted molar refractivity (Wildman–Crippen MR) is 99.6 cm³/mol. The molecule has 1 saturated carbocycles. The maximum Gasteiger partial charge on any atom is 0.220 e. The number of carbonyl (C=O) groups is 1. The van der Waals surface area contributed by atoms with Gasteiger partial charge in [0.1, 0.15) is 0 Å². The summed E-state index contributed by atoms with van der Waals surface area (Å²) in [6, 6.07) is 0. The number of guanidine groups is 1. The lowest BCUT2D eigenvalue weighted by molar-refractivity contribution is -0.119. The van der Waals surface area contributed by atoms with Crippen LogP contribution in [0.15, 0.2) is 4.99 Å². The average Bonchev–Trinajstić information content (AvgIpc) is 3.23. The van der Waals surface area contributed by atoms with Gasteiger partial charge in [-0.15, -0.1) is 24.0 Å². The molecular weight excluding hydrogens is 391 g/mol. The number of halogens is 1. The summed E-state index contributed by atoms with van der Waals surface area (Å²) in [5.41, 5.74) is 0.141. The van der Waals surface area contributed by atoms with Crippen molar-refractivity contribution in [3.05, 3.63) is 0 Å². The molecule has 6 heteroatoms. The topological polar surface area (TPSA) is 56.7 Å². The van der Waals surface area contributed by atoms with Crippen LogP contribution in [0, 0.1) is 11.3 Å². The molecule has 0 aromatic carbocycles. The Morgan fingerprint density at radius 3 is 2.95 bits per heavy atom. The average molecular weight is 420 g/mol. The van der Waals surface area contributed by atoms with Gasteiger partial charge in [-0.05, 0) is 32.1 Å². The second-order valence-corrected chi connectivity index (χ2v) is 6.95. The van der Waals surface area contributed by atoms with Crippen LogP contribution in [0.4, 0.5) is 0 Å². The van der Waals surface area contributed by atoms with Crippen LogP contribution < -0.4 is 10.6 Å². The number of nitrogens with one attached hydrogen (secondary N) is 2. The molecule has 0 radical (unpaired) electrons. The predicted octanol–water partition coefficient (Wildman–Crippen LogP) is 1.97. The second-order valence-electron chi connectivity index (χ2n) is 6.95. The third kappa shape index (κ3) is 4.49. The Labute approximate surface area is 150 Å². The van der Waals surface area contributed by atoms with E-state index in [4.69, 9.17) is 4.99 Å². The minimum Gasteiger partial charge on any atom is -0.357 e. The number of rotatable bonds is 4. The molecule has 1 aliphatic carbocycles. The molecule has 126 valence electrons. The van der Waals surface area contributed by atoms with Crippen molar-refractivity contribution in [2.45, 2.75) is 45.4 Å². The van der Waals surface area contributed by atoms with Crippen LogP contribution in [-0.2, 0) is 4.79 Å². The van der Waals surface area contributed by atoms with Gasteiger partial charge in [-0.3, -0.25) is 9.79 Å². The van der Waals surface area contributed by atoms with Crippen LogP contribution in [0.5, 0.6) is 0 Å². The first-order valence-corrected chi connectivity index (χ1v) is 8.51. The third-order valence-corrected chi connectivity index (χ3v) is 4.99. The molecule has 0 aromatic rings. The first kappa shape index (κ1) is 17.8. The summed E-state index contributed by atoms with van der Waals surface area (Å²) < 4.78 is 0. The number of nitrogens with zero attached hydrogens (tertiary/aromatic N) is 2. The Hall–Kier alpha value is -0.530. The van der Waals surface area contributed by atoms with Crippen molar-refractivity contribution in [1.82, 2.24) is 15.5 Å². The summed E-state index contributed by atoms with van der Waals surface area (Å²) >= 11 is 0. The van der Waals surface area contributed by atoms with Crippen LogP contribution >= 0.6 is 24.0 Å². The highest BCUT2D eigenvalue weighted by Gasteiger charge is 2.42. The molecule has 2 saturated heterocycles. The lowest BCUT2D eigenvalue weighted by Gasteiger charge is -2.40. The summed E-state index contributed by atoms with van der Waals surface area (Å²) in [5.74, 6) is 2.20. The van der Waals surface area contributed by atoms with Crippen LogP contribution in [0.25, 0.3) is 0 Å². The Kier molecular flexibility index (Phi) is 6.35. The maximum absolute atomic E-state index is 11.6. The van der Waals surface area contributed by atoms with Gasteiger partial charge in [-0.1, -0.05) is 12.8 Å². The van der Waals surface area contributed by atoms with Gasteiger partial charge in [0.05, 0.1) is 0 Å². The number of hydrogen-bond donors (Lipinski definition) is 2. The molecular formula is C16H29IN4O. The lowest BCUT2D eigenvalue weighted by Crippen LogP contribution is -2.51. The summed E-state index contributed by atoms with van der Waals surface area (Å²) in [7, 11) is 0. The summed E-state index contributed by atoms with van der Waals surface area (Å²) in [4.78, 5) is 18.8. The summed E-state index contributed by atoms with van der Waals surface area (Å²) in [6.07, 6.45) is 7.02. The Bertz CT molecular complexity index is 424. The molecule has 5 nitrogen and oxygen atoms in total. The number of amides is 1. The van der Waals surface area contributed by atoms with Crippen molar-refractivity contribution in [3.8, 4) is 0 Å². The molecule has 0 bridgehead atoms. The highest BCUT2D eigenvalue weighted by molar-refractivity contribution is 14.0. The van der Waals surface area contributed by atoms with Crippen LogP contribution in [0.3, 0.4) is 0 Å². The minimum atomic E-state index is 0. The highest BCUT2D eigenvalue weighted by atomic mass is 127. The smallest absolute Gasteiger partial charge is 0.220 e. The minimum absolute atomic E-state index is 0. The molecule has 1 unspecified atom stereocenters. The monoisotopic (exact) mass is 420 g/mol. The molecule has 2 heterocycles. The van der Waals surface area contributed by atoms with Gasteiger partial charge >= 0.3 is 0 Å². The molecule has 22 heavy (non-hydrogen) atoms. The van der Waals surface area contributed by atoms with E-state index in [9.17, 15) is 4.79 Å². The Morgan fingerprint density at radius 2 is 2.32 bits per heavy atom. The van der Waals surface area contributed by atoms with Gasteiger partial charge in [0, 0.05) is 44.6 Å². The van der Waals surface area contributed by atoms with E-state index in [0.717, 1.165) is 57.4 Å². The molecule has 1 spiro atoms. The fourth-order valence-electron chi connectivity index (χ4n) is 3.61. The van der Waals surface area contributed by atoms with E-state index in [2.05, 4.69) is 22.5 Å². The lowest BCUT2D eigenvalue weighted by atomic mass is 9.79. The van der Waals surface area contributed by atoms with E-state index in [-0.39, 0.29) is 35.3 Å². The van der Waals surface area contributed by atoms with Gasteiger partial charge in [0.15, 0.2) is 5.96 Å². The van der Waals surface area contributed by atoms with Crippen LogP contribution in [0.1, 0.15) is 45.4 Å². The molecule has 3 rings (SSSR count). The van der Waals surface area contributed by atoms with E-state index in [1.165, 1.54) is 19.3 Å². The quantitative estimate of drug-likeness (QED) is 0.416. The van der Waals surface area contributed by atoms with Crippen molar-refractivity contribution in [3.63, 3.8) is 0 Å². The van der Waals surface area contributed by atoms with Gasteiger partial charge in [-0.25, -0.2) is 0 Å². The Balaban J connectivity index is 0.00000176. The Morgan fingerprint density at radius 1 is 1.50 bits per heavy atom. The molecule has 2 aliphatic heterocycles. The molecule has 3 fully saturated rings. The first-order chi connectivity index (χ1) is 10.2. The normalized spacial score (nSPS) is 28.5. The summed E-state index contributed by atoms with van der Waals surface area (Å²) in [5, 5.41) is 6.45. The van der Waals surface area contributed by atoms with Crippen LogP contribution in [0.2, 0.25) is 0 Å². The van der Waals surface area contributed by atoms with Crippen molar-refractivity contribution in [2.75, 3.05) is 32.7 Å². The van der Waals surface area contributed by atoms with Crippen molar-refractivity contribution in [2.24, 2.45) is 16.3 Å². The summed E-state index contributed by atoms with van der Waals surface area (Å²) in [6.45, 7) is 6.82. The molecule has 2 N–H and O–H groups in total. The van der Waals surface area contributed by atoms with Crippen molar-refractivity contribution >= 4 is 35.8 Å². The van der Waals surface area contributed by atoms with E-state index in [1.54, 1.807) is 0 Å². The zero-order chi connectivity index (χ0) is 14.7. The number of aliphatic imine (C=N–C) groups is 1.